The highest BCUT2D eigenvalue weighted by atomic mass is 127. The van der Waals surface area contributed by atoms with Crippen molar-refractivity contribution in [3.8, 4) is 0 Å². The number of nitrogens with zero attached hydrogens (tertiary/aromatic N) is 1. The lowest BCUT2D eigenvalue weighted by Gasteiger charge is -2.17. The summed E-state index contributed by atoms with van der Waals surface area (Å²) in [5.74, 6) is 0.341. The van der Waals surface area contributed by atoms with E-state index in [1.807, 2.05) is 6.92 Å². The van der Waals surface area contributed by atoms with Gasteiger partial charge < -0.3 is 15.4 Å². The van der Waals surface area contributed by atoms with Crippen LogP contribution in [0.4, 0.5) is 13.2 Å². The molecule has 0 aromatic carbocycles. The fourth-order valence-corrected chi connectivity index (χ4v) is 1.04. The predicted octanol–water partition coefficient (Wildman–Crippen LogP) is 1.76. The van der Waals surface area contributed by atoms with Crippen LogP contribution in [0.3, 0.4) is 0 Å². The van der Waals surface area contributed by atoms with Crippen molar-refractivity contribution in [2.24, 2.45) is 4.99 Å². The number of ether oxygens (including phenoxy) is 1. The normalized spacial score (nSPS) is 13.9. The topological polar surface area (TPSA) is 45.7 Å². The molecule has 104 valence electrons. The summed E-state index contributed by atoms with van der Waals surface area (Å²) in [6, 6.07) is -0.0120. The van der Waals surface area contributed by atoms with Crippen LogP contribution in [-0.4, -0.2) is 45.5 Å². The summed E-state index contributed by atoms with van der Waals surface area (Å²) in [4.78, 5) is 3.80. The Morgan fingerprint density at radius 3 is 2.41 bits per heavy atom. The number of hydrogen-bond donors (Lipinski definition) is 2. The van der Waals surface area contributed by atoms with Crippen molar-refractivity contribution in [3.05, 3.63) is 0 Å². The number of aliphatic imine (C=N–C) groups is 1. The first-order chi connectivity index (χ1) is 7.39. The summed E-state index contributed by atoms with van der Waals surface area (Å²) in [7, 11) is 3.06. The van der Waals surface area contributed by atoms with Gasteiger partial charge in [0, 0.05) is 26.7 Å². The fraction of sp³-hybridized carbons (Fsp3) is 0.889. The first kappa shape index (κ1) is 19.1. The van der Waals surface area contributed by atoms with Crippen molar-refractivity contribution < 1.29 is 17.9 Å². The summed E-state index contributed by atoms with van der Waals surface area (Å²) in [6.45, 7) is 2.11. The van der Waals surface area contributed by atoms with E-state index in [9.17, 15) is 13.2 Å². The summed E-state index contributed by atoms with van der Waals surface area (Å²) in [5.41, 5.74) is 0. The van der Waals surface area contributed by atoms with Gasteiger partial charge in [0.05, 0.1) is 13.0 Å². The largest absolute Gasteiger partial charge is 0.390 e. The Bertz CT molecular complexity index is 224. The van der Waals surface area contributed by atoms with Crippen LogP contribution in [0.1, 0.15) is 13.3 Å². The van der Waals surface area contributed by atoms with E-state index in [0.717, 1.165) is 0 Å². The Morgan fingerprint density at radius 2 is 2.00 bits per heavy atom. The molecule has 0 aliphatic rings. The molecule has 0 aromatic heterocycles. The number of halogens is 4. The number of guanidine groups is 1. The molecule has 17 heavy (non-hydrogen) atoms. The number of nitrogens with one attached hydrogen (secondary N) is 2. The van der Waals surface area contributed by atoms with Crippen molar-refractivity contribution >= 4 is 29.9 Å². The van der Waals surface area contributed by atoms with Crippen LogP contribution in [0.25, 0.3) is 0 Å². The summed E-state index contributed by atoms with van der Waals surface area (Å²) >= 11 is 0. The maximum absolute atomic E-state index is 11.9. The molecule has 1 unspecified atom stereocenters. The average molecular weight is 369 g/mol. The van der Waals surface area contributed by atoms with E-state index in [-0.39, 0.29) is 36.6 Å². The third-order valence-electron chi connectivity index (χ3n) is 1.72. The monoisotopic (exact) mass is 369 g/mol. The molecule has 0 bridgehead atoms. The van der Waals surface area contributed by atoms with Crippen LogP contribution < -0.4 is 10.6 Å². The Labute approximate surface area is 116 Å². The van der Waals surface area contributed by atoms with Crippen molar-refractivity contribution in [1.29, 1.82) is 0 Å². The predicted molar refractivity (Wildman–Crippen MR) is 71.9 cm³/mol. The average Bonchev–Trinajstić information content (AvgIpc) is 2.14. The highest BCUT2D eigenvalue weighted by molar-refractivity contribution is 14.0. The standard InChI is InChI=1S/C9H18F3N3O.HI/c1-7(6-16-3)15-8(13-2)14-5-4-9(10,11)12;/h7H,4-6H2,1-3H3,(H2,13,14,15);1H. The van der Waals surface area contributed by atoms with Crippen molar-refractivity contribution in [2.45, 2.75) is 25.6 Å². The molecule has 2 N–H and O–H groups in total. The molecule has 0 amide bonds. The van der Waals surface area contributed by atoms with Gasteiger partial charge in [0.15, 0.2) is 5.96 Å². The van der Waals surface area contributed by atoms with Gasteiger partial charge in [0.25, 0.3) is 0 Å². The number of rotatable bonds is 5. The molecule has 0 heterocycles. The highest BCUT2D eigenvalue weighted by Crippen LogP contribution is 2.17. The minimum absolute atomic E-state index is 0. The Balaban J connectivity index is 0. The molecular formula is C9H19F3IN3O. The third kappa shape index (κ3) is 12.0. The first-order valence-corrected chi connectivity index (χ1v) is 4.92. The van der Waals surface area contributed by atoms with Crippen LogP contribution >= 0.6 is 24.0 Å². The Morgan fingerprint density at radius 1 is 1.41 bits per heavy atom. The van der Waals surface area contributed by atoms with Gasteiger partial charge in [-0.2, -0.15) is 13.2 Å². The molecule has 0 saturated carbocycles. The van der Waals surface area contributed by atoms with E-state index in [4.69, 9.17) is 4.74 Å². The quantitative estimate of drug-likeness (QED) is 0.441. The number of hydrogen-bond acceptors (Lipinski definition) is 2. The Kier molecular flexibility index (Phi) is 10.9. The van der Waals surface area contributed by atoms with Gasteiger partial charge in [-0.25, -0.2) is 0 Å². The molecule has 8 heteroatoms. The lowest BCUT2D eigenvalue weighted by Crippen LogP contribution is -2.44. The van der Waals surface area contributed by atoms with E-state index in [1.54, 1.807) is 7.11 Å². The van der Waals surface area contributed by atoms with E-state index in [1.165, 1.54) is 7.05 Å². The summed E-state index contributed by atoms with van der Waals surface area (Å²) in [5, 5.41) is 5.48. The molecule has 4 nitrogen and oxygen atoms in total. The lowest BCUT2D eigenvalue weighted by molar-refractivity contribution is -0.132. The van der Waals surface area contributed by atoms with Crippen molar-refractivity contribution in [1.82, 2.24) is 10.6 Å². The van der Waals surface area contributed by atoms with Crippen molar-refractivity contribution in [2.75, 3.05) is 27.3 Å². The minimum Gasteiger partial charge on any atom is -0.383 e. The van der Waals surface area contributed by atoms with E-state index >= 15 is 0 Å². The second-order valence-corrected chi connectivity index (χ2v) is 3.36. The van der Waals surface area contributed by atoms with Gasteiger partial charge in [-0.15, -0.1) is 24.0 Å². The summed E-state index contributed by atoms with van der Waals surface area (Å²) < 4.78 is 40.5. The SMILES string of the molecule is CN=C(NCCC(F)(F)F)NC(C)COC.I. The maximum Gasteiger partial charge on any atom is 0.390 e. The molecule has 0 rings (SSSR count). The third-order valence-corrected chi connectivity index (χ3v) is 1.72. The first-order valence-electron chi connectivity index (χ1n) is 4.92. The second kappa shape index (κ2) is 9.75. The van der Waals surface area contributed by atoms with E-state index in [2.05, 4.69) is 15.6 Å². The van der Waals surface area contributed by atoms with Crippen LogP contribution in [0.2, 0.25) is 0 Å². The zero-order valence-corrected chi connectivity index (χ0v) is 12.4. The van der Waals surface area contributed by atoms with E-state index < -0.39 is 12.6 Å². The van der Waals surface area contributed by atoms with Crippen LogP contribution in [0.5, 0.6) is 0 Å². The van der Waals surface area contributed by atoms with E-state index in [0.29, 0.717) is 12.6 Å². The molecule has 0 aliphatic carbocycles. The molecule has 0 aromatic rings. The number of methoxy groups -OCH3 is 1. The lowest BCUT2D eigenvalue weighted by atomic mass is 10.3. The maximum atomic E-state index is 11.9. The molecule has 0 saturated heterocycles. The van der Waals surface area contributed by atoms with Gasteiger partial charge in [0.2, 0.25) is 0 Å². The molecule has 0 spiro atoms. The minimum atomic E-state index is -4.15. The highest BCUT2D eigenvalue weighted by Gasteiger charge is 2.26. The van der Waals surface area contributed by atoms with Crippen molar-refractivity contribution in [3.63, 3.8) is 0 Å². The molecule has 1 atom stereocenters. The fourth-order valence-electron chi connectivity index (χ4n) is 1.04. The zero-order chi connectivity index (χ0) is 12.6. The zero-order valence-electron chi connectivity index (χ0n) is 10.1. The van der Waals surface area contributed by atoms with Gasteiger partial charge >= 0.3 is 6.18 Å². The van der Waals surface area contributed by atoms with Crippen LogP contribution in [0, 0.1) is 0 Å². The van der Waals surface area contributed by atoms with Gasteiger partial charge in [-0.3, -0.25) is 4.99 Å². The smallest absolute Gasteiger partial charge is 0.383 e. The number of alkyl halides is 3. The van der Waals surface area contributed by atoms with Gasteiger partial charge in [-0.1, -0.05) is 0 Å². The second-order valence-electron chi connectivity index (χ2n) is 3.36. The van der Waals surface area contributed by atoms with Crippen LogP contribution in [-0.2, 0) is 4.74 Å². The molecule has 0 fully saturated rings. The Hall–Kier alpha value is -0.250. The molecular weight excluding hydrogens is 350 g/mol. The molecule has 0 aliphatic heterocycles. The van der Waals surface area contributed by atoms with Gasteiger partial charge in [-0.05, 0) is 6.92 Å². The summed E-state index contributed by atoms with van der Waals surface area (Å²) in [6.07, 6.45) is -5.03. The van der Waals surface area contributed by atoms with Gasteiger partial charge in [0.1, 0.15) is 0 Å². The van der Waals surface area contributed by atoms with Crippen LogP contribution in [0.15, 0.2) is 4.99 Å². The molecule has 0 radical (unpaired) electrons.